The number of thioether (sulfide) groups is 1. The number of ketones is 1. The Morgan fingerprint density at radius 2 is 1.70 bits per heavy atom. The number of pyridine rings is 1. The van der Waals surface area contributed by atoms with E-state index in [1.54, 1.807) is 29.6 Å². The van der Waals surface area contributed by atoms with Crippen molar-refractivity contribution >= 4 is 52.4 Å². The highest BCUT2D eigenvalue weighted by Gasteiger charge is 2.42. The summed E-state index contributed by atoms with van der Waals surface area (Å²) in [4.78, 5) is 57.6. The summed E-state index contributed by atoms with van der Waals surface area (Å²) in [5, 5.41) is 9.86. The highest BCUT2D eigenvalue weighted by atomic mass is 32.2. The summed E-state index contributed by atoms with van der Waals surface area (Å²) >= 11 is 1.79. The lowest BCUT2D eigenvalue weighted by Gasteiger charge is -2.17. The highest BCUT2D eigenvalue weighted by Crippen LogP contribution is 2.42. The van der Waals surface area contributed by atoms with Gasteiger partial charge in [-0.3, -0.25) is 14.4 Å². The van der Waals surface area contributed by atoms with Gasteiger partial charge < -0.3 is 4.74 Å². The molecule has 248 valence electrons. The van der Waals surface area contributed by atoms with Crippen LogP contribution >= 0.6 is 23.1 Å². The Labute approximate surface area is 291 Å². The SMILES string of the molecule is N#Cc1c(C(F)(F)F)cc(-c2cccs2)nc1SC1CC(=O)N(c2ccc(C(=O)OCC(=O)c3ccc4c(c3)Cc3ccccc3-4)cc2)C1=O. The first-order chi connectivity index (χ1) is 24.0. The van der Waals surface area contributed by atoms with Crippen LogP contribution in [0.2, 0.25) is 0 Å². The molecule has 3 heterocycles. The third kappa shape index (κ3) is 6.19. The number of halogens is 3. The van der Waals surface area contributed by atoms with Crippen LogP contribution in [0, 0.1) is 11.3 Å². The van der Waals surface area contributed by atoms with E-state index in [2.05, 4.69) is 4.98 Å². The van der Waals surface area contributed by atoms with E-state index in [1.165, 1.54) is 41.2 Å². The van der Waals surface area contributed by atoms with Gasteiger partial charge in [-0.25, -0.2) is 14.7 Å². The van der Waals surface area contributed by atoms with Crippen molar-refractivity contribution < 1.29 is 37.1 Å². The summed E-state index contributed by atoms with van der Waals surface area (Å²) in [5.74, 6) is -2.48. The first kappa shape index (κ1) is 32.9. The predicted molar refractivity (Wildman–Crippen MR) is 180 cm³/mol. The number of Topliss-reactive ketones (excluding diaryl/α,β-unsaturated/α-hetero) is 1. The molecule has 0 bridgehead atoms. The molecule has 2 aromatic heterocycles. The molecule has 0 saturated carbocycles. The lowest BCUT2D eigenvalue weighted by atomic mass is 10.0. The minimum Gasteiger partial charge on any atom is -0.454 e. The Balaban J connectivity index is 1.02. The lowest BCUT2D eigenvalue weighted by Crippen LogP contribution is -2.31. The van der Waals surface area contributed by atoms with Crippen LogP contribution in [0.3, 0.4) is 0 Å². The second kappa shape index (κ2) is 13.0. The van der Waals surface area contributed by atoms with E-state index in [4.69, 9.17) is 4.74 Å². The minimum atomic E-state index is -4.86. The van der Waals surface area contributed by atoms with Crippen LogP contribution in [0.25, 0.3) is 21.7 Å². The molecule has 7 rings (SSSR count). The zero-order valence-electron chi connectivity index (χ0n) is 25.7. The van der Waals surface area contributed by atoms with Gasteiger partial charge in [0.15, 0.2) is 12.4 Å². The second-order valence-corrected chi connectivity index (χ2v) is 13.6. The molecule has 50 heavy (non-hydrogen) atoms. The Kier molecular flexibility index (Phi) is 8.59. The van der Waals surface area contributed by atoms with Crippen molar-refractivity contribution in [3.8, 4) is 27.8 Å². The number of nitrogens with zero attached hydrogens (tertiary/aromatic N) is 3. The highest BCUT2D eigenvalue weighted by molar-refractivity contribution is 8.00. The average molecular weight is 710 g/mol. The third-order valence-electron chi connectivity index (χ3n) is 8.35. The van der Waals surface area contributed by atoms with E-state index in [9.17, 15) is 37.6 Å². The van der Waals surface area contributed by atoms with Gasteiger partial charge in [0.1, 0.15) is 11.1 Å². The fourth-order valence-electron chi connectivity index (χ4n) is 5.95. The van der Waals surface area contributed by atoms with Crippen LogP contribution in [0.4, 0.5) is 18.9 Å². The average Bonchev–Trinajstić information content (AvgIpc) is 3.84. The molecular formula is C37H22F3N3O5S2. The largest absolute Gasteiger partial charge is 0.454 e. The van der Waals surface area contributed by atoms with E-state index in [-0.39, 0.29) is 34.2 Å². The number of benzene rings is 3. The normalized spacial score (nSPS) is 15.1. The quantitative estimate of drug-likeness (QED) is 0.0896. The summed E-state index contributed by atoms with van der Waals surface area (Å²) in [5.41, 5.74) is 3.09. The number of esters is 1. The van der Waals surface area contributed by atoms with Crippen LogP contribution in [0.1, 0.15) is 49.4 Å². The van der Waals surface area contributed by atoms with Crippen molar-refractivity contribution in [3.05, 3.63) is 124 Å². The molecule has 0 spiro atoms. The standard InChI is InChI=1S/C37H22F3N3O5S2/c38-37(39,40)28-16-29(31-6-3-13-49-31)42-34(27(28)18-41)50-32-17-33(45)43(35(32)46)24-10-7-20(8-11-24)36(47)48-19-30(44)22-9-12-26-23(15-22)14-21-4-1-2-5-25(21)26/h1-13,15-16,32H,14,17,19H2. The Morgan fingerprint density at radius 1 is 0.960 bits per heavy atom. The number of aromatic nitrogens is 1. The number of ether oxygens (including phenoxy) is 1. The molecule has 3 aromatic carbocycles. The Bertz CT molecular complexity index is 2250. The van der Waals surface area contributed by atoms with E-state index in [0.29, 0.717) is 28.6 Å². The third-order valence-corrected chi connectivity index (χ3v) is 10.4. The van der Waals surface area contributed by atoms with E-state index in [0.717, 1.165) is 27.7 Å². The van der Waals surface area contributed by atoms with Crippen LogP contribution in [-0.4, -0.2) is 40.4 Å². The number of carbonyl (C=O) groups is 4. The molecule has 1 aliphatic carbocycles. The number of fused-ring (bicyclic) bond motifs is 3. The summed E-state index contributed by atoms with van der Waals surface area (Å²) in [6, 6.07) is 24.4. The van der Waals surface area contributed by atoms with Crippen molar-refractivity contribution in [2.24, 2.45) is 0 Å². The number of alkyl halides is 3. The van der Waals surface area contributed by atoms with Crippen LogP contribution < -0.4 is 4.90 Å². The van der Waals surface area contributed by atoms with Crippen LogP contribution in [0.5, 0.6) is 0 Å². The van der Waals surface area contributed by atoms with Crippen molar-refractivity contribution in [1.29, 1.82) is 5.26 Å². The van der Waals surface area contributed by atoms with Gasteiger partial charge in [-0.1, -0.05) is 54.2 Å². The number of imide groups is 1. The maximum atomic E-state index is 14.0. The van der Waals surface area contributed by atoms with Gasteiger partial charge >= 0.3 is 12.1 Å². The van der Waals surface area contributed by atoms with E-state index < -0.39 is 46.9 Å². The monoisotopic (exact) mass is 709 g/mol. The van der Waals surface area contributed by atoms with Gasteiger partial charge in [0, 0.05) is 12.0 Å². The predicted octanol–water partition coefficient (Wildman–Crippen LogP) is 7.74. The molecule has 1 aliphatic heterocycles. The lowest BCUT2D eigenvalue weighted by molar-refractivity contribution is -0.138. The number of hydrogen-bond donors (Lipinski definition) is 0. The van der Waals surface area contributed by atoms with E-state index in [1.807, 2.05) is 36.4 Å². The molecule has 1 unspecified atom stereocenters. The smallest absolute Gasteiger partial charge is 0.417 e. The molecule has 13 heteroatoms. The molecule has 0 N–H and O–H groups in total. The summed E-state index contributed by atoms with van der Waals surface area (Å²) in [7, 11) is 0. The molecule has 5 aromatic rings. The minimum absolute atomic E-state index is 0.00937. The molecule has 0 radical (unpaired) electrons. The molecule has 1 saturated heterocycles. The molecule has 1 fully saturated rings. The van der Waals surface area contributed by atoms with Gasteiger partial charge in [-0.15, -0.1) is 11.3 Å². The maximum absolute atomic E-state index is 14.0. The van der Waals surface area contributed by atoms with Gasteiger partial charge in [0.25, 0.3) is 0 Å². The Hall–Kier alpha value is -5.58. The maximum Gasteiger partial charge on any atom is 0.417 e. The molecule has 1 atom stereocenters. The van der Waals surface area contributed by atoms with Crippen molar-refractivity contribution in [2.75, 3.05) is 11.5 Å². The van der Waals surface area contributed by atoms with Crippen molar-refractivity contribution in [3.63, 3.8) is 0 Å². The fraction of sp³-hybridized carbons (Fsp3) is 0.135. The number of thiophene rings is 1. The number of hydrogen-bond acceptors (Lipinski definition) is 9. The summed E-state index contributed by atoms with van der Waals surface area (Å²) in [6.07, 6.45) is -4.50. The zero-order valence-corrected chi connectivity index (χ0v) is 27.3. The zero-order chi connectivity index (χ0) is 35.2. The first-order valence-corrected chi connectivity index (χ1v) is 16.9. The van der Waals surface area contributed by atoms with Gasteiger partial charge in [-0.2, -0.15) is 18.4 Å². The number of rotatable bonds is 8. The van der Waals surface area contributed by atoms with Gasteiger partial charge in [0.05, 0.1) is 38.2 Å². The number of nitriles is 1. The topological polar surface area (TPSA) is 117 Å². The molecule has 2 amide bonds. The van der Waals surface area contributed by atoms with Gasteiger partial charge in [0.2, 0.25) is 11.8 Å². The molecule has 8 nitrogen and oxygen atoms in total. The van der Waals surface area contributed by atoms with Crippen molar-refractivity contribution in [1.82, 2.24) is 4.98 Å². The number of anilines is 1. The summed E-state index contributed by atoms with van der Waals surface area (Å²) in [6.45, 7) is -0.489. The summed E-state index contributed by atoms with van der Waals surface area (Å²) < 4.78 is 47.1. The van der Waals surface area contributed by atoms with Crippen molar-refractivity contribution in [2.45, 2.75) is 29.3 Å². The van der Waals surface area contributed by atoms with E-state index >= 15 is 0 Å². The first-order valence-electron chi connectivity index (χ1n) is 15.1. The molecular weight excluding hydrogens is 688 g/mol. The number of amides is 2. The van der Waals surface area contributed by atoms with Crippen LogP contribution in [-0.2, 0) is 26.9 Å². The Morgan fingerprint density at radius 3 is 2.42 bits per heavy atom. The number of carbonyl (C=O) groups excluding carboxylic acids is 4. The van der Waals surface area contributed by atoms with Crippen LogP contribution in [0.15, 0.2) is 95.3 Å². The fourth-order valence-corrected chi connectivity index (χ4v) is 7.77. The molecule has 2 aliphatic rings. The van der Waals surface area contributed by atoms with Gasteiger partial charge in [-0.05, 0) is 76.5 Å². The second-order valence-electron chi connectivity index (χ2n) is 11.5.